The number of hydrogen-bond acceptors (Lipinski definition) is 8. The lowest BCUT2D eigenvalue weighted by Crippen LogP contribution is -2.45. The number of halogens is 1. The number of nitrogens with one attached hydrogen (secondary N) is 1. The summed E-state index contributed by atoms with van der Waals surface area (Å²) in [6.45, 7) is 1.57. The number of aryl methyl sites for hydroxylation is 1. The van der Waals surface area contributed by atoms with E-state index in [4.69, 9.17) is 14.9 Å². The van der Waals surface area contributed by atoms with Gasteiger partial charge in [0, 0.05) is 25.5 Å². The van der Waals surface area contributed by atoms with E-state index in [0.29, 0.717) is 43.1 Å². The van der Waals surface area contributed by atoms with Crippen molar-refractivity contribution in [1.29, 1.82) is 0 Å². The molecule has 0 spiro atoms. The summed E-state index contributed by atoms with van der Waals surface area (Å²) in [5.74, 6) is -0.967. The molecule has 11 heteroatoms. The van der Waals surface area contributed by atoms with E-state index in [1.807, 2.05) is 4.90 Å². The number of hydrogen-bond donors (Lipinski definition) is 3. The average Bonchev–Trinajstić information content (AvgIpc) is 2.97. The Bertz CT molecular complexity index is 890. The lowest BCUT2D eigenvalue weighted by Gasteiger charge is -2.38. The topological polar surface area (TPSA) is 112 Å². The smallest absolute Gasteiger partial charge is 0.306 e. The van der Waals surface area contributed by atoms with Crippen molar-refractivity contribution >= 4 is 28.4 Å². The summed E-state index contributed by atoms with van der Waals surface area (Å²) in [5.41, 5.74) is 2.20. The van der Waals surface area contributed by atoms with Gasteiger partial charge in [0.05, 0.1) is 36.4 Å². The van der Waals surface area contributed by atoms with Crippen molar-refractivity contribution in [2.45, 2.75) is 24.9 Å². The van der Waals surface area contributed by atoms with Gasteiger partial charge in [-0.25, -0.2) is 9.45 Å². The standard InChI is InChI=1S/C17H22FN5O5/c1-21-13-9-14(22-4-2-17(26,3-5-22)10-15(24)25)12(18)8-11(13)16(19-21)23-6-7-27-20-28-23/h8-9,20,26H,2-7,10H2,1H3,(H,24,25). The van der Waals surface area contributed by atoms with Gasteiger partial charge >= 0.3 is 5.97 Å². The van der Waals surface area contributed by atoms with E-state index in [-0.39, 0.29) is 19.3 Å². The third-order valence-electron chi connectivity index (χ3n) is 5.25. The minimum Gasteiger partial charge on any atom is -0.481 e. The molecule has 0 atom stereocenters. The van der Waals surface area contributed by atoms with Gasteiger partial charge in [-0.15, -0.1) is 0 Å². The molecule has 0 amide bonds. The fourth-order valence-electron chi connectivity index (χ4n) is 3.73. The minimum atomic E-state index is -1.25. The molecule has 3 N–H and O–H groups in total. The Labute approximate surface area is 159 Å². The van der Waals surface area contributed by atoms with Crippen LogP contribution in [0.5, 0.6) is 0 Å². The van der Waals surface area contributed by atoms with E-state index in [0.717, 1.165) is 5.52 Å². The van der Waals surface area contributed by atoms with Crippen LogP contribution in [0, 0.1) is 5.82 Å². The summed E-state index contributed by atoms with van der Waals surface area (Å²) in [4.78, 5) is 22.9. The molecule has 28 heavy (non-hydrogen) atoms. The molecule has 0 unspecified atom stereocenters. The first-order valence-corrected chi connectivity index (χ1v) is 9.03. The highest BCUT2D eigenvalue weighted by atomic mass is 19.1. The first kappa shape index (κ1) is 18.9. The molecule has 0 bridgehead atoms. The predicted octanol–water partition coefficient (Wildman–Crippen LogP) is 0.706. The molecule has 1 aromatic carbocycles. The number of carboxylic acids is 1. The molecular weight excluding hydrogens is 373 g/mol. The molecule has 0 saturated carbocycles. The van der Waals surface area contributed by atoms with Crippen LogP contribution in [0.1, 0.15) is 19.3 Å². The number of nitrogens with zero attached hydrogens (tertiary/aromatic N) is 4. The summed E-state index contributed by atoms with van der Waals surface area (Å²) in [6, 6.07) is 3.14. The largest absolute Gasteiger partial charge is 0.481 e. The van der Waals surface area contributed by atoms with E-state index in [2.05, 4.69) is 10.7 Å². The SMILES string of the molecule is Cn1nc(N2CCONO2)c2cc(F)c(N3CCC(O)(CC(=O)O)CC3)cc21. The number of anilines is 2. The summed E-state index contributed by atoms with van der Waals surface area (Å²) < 4.78 is 16.6. The minimum absolute atomic E-state index is 0.265. The number of carboxylic acid groups (broad SMARTS) is 1. The summed E-state index contributed by atoms with van der Waals surface area (Å²) in [7, 11) is 1.77. The zero-order valence-corrected chi connectivity index (χ0v) is 15.4. The molecule has 4 rings (SSSR count). The Kier molecular flexibility index (Phi) is 4.83. The van der Waals surface area contributed by atoms with E-state index in [1.54, 1.807) is 17.8 Å². The van der Waals surface area contributed by atoms with Gasteiger partial charge in [0.1, 0.15) is 5.82 Å². The Morgan fingerprint density at radius 1 is 1.36 bits per heavy atom. The van der Waals surface area contributed by atoms with Gasteiger partial charge < -0.3 is 15.1 Å². The Balaban J connectivity index is 1.60. The van der Waals surface area contributed by atoms with Gasteiger partial charge in [0.15, 0.2) is 5.82 Å². The van der Waals surface area contributed by atoms with E-state index < -0.39 is 17.4 Å². The first-order chi connectivity index (χ1) is 13.4. The number of piperidine rings is 1. The van der Waals surface area contributed by atoms with Crippen LogP contribution in [0.3, 0.4) is 0 Å². The molecule has 2 aromatic rings. The molecule has 0 aliphatic carbocycles. The first-order valence-electron chi connectivity index (χ1n) is 9.03. The van der Waals surface area contributed by atoms with Crippen LogP contribution >= 0.6 is 0 Å². The van der Waals surface area contributed by atoms with Crippen molar-refractivity contribution in [3.8, 4) is 0 Å². The van der Waals surface area contributed by atoms with Crippen LogP contribution in [0.2, 0.25) is 0 Å². The highest BCUT2D eigenvalue weighted by Gasteiger charge is 2.35. The zero-order chi connectivity index (χ0) is 19.9. The maximum Gasteiger partial charge on any atom is 0.306 e. The molecule has 1 aromatic heterocycles. The van der Waals surface area contributed by atoms with Crippen LogP contribution in [-0.4, -0.2) is 57.8 Å². The molecule has 152 valence electrons. The third-order valence-corrected chi connectivity index (χ3v) is 5.25. The number of benzene rings is 1. The maximum atomic E-state index is 14.9. The fraction of sp³-hybridized carbons (Fsp3) is 0.529. The molecule has 10 nitrogen and oxygen atoms in total. The lowest BCUT2D eigenvalue weighted by molar-refractivity contribution is -0.210. The molecular formula is C17H22FN5O5. The maximum absolute atomic E-state index is 14.9. The zero-order valence-electron chi connectivity index (χ0n) is 15.4. The number of rotatable bonds is 4. The van der Waals surface area contributed by atoms with Crippen molar-refractivity contribution in [2.75, 3.05) is 36.2 Å². The summed E-state index contributed by atoms with van der Waals surface area (Å²) in [6.07, 6.45) is 0.225. The van der Waals surface area contributed by atoms with Crippen molar-refractivity contribution in [1.82, 2.24) is 15.4 Å². The highest BCUT2D eigenvalue weighted by molar-refractivity contribution is 5.92. The fourth-order valence-corrected chi connectivity index (χ4v) is 3.73. The third kappa shape index (κ3) is 3.49. The number of aliphatic hydroxyl groups is 1. The number of hydroxylamine groups is 1. The highest BCUT2D eigenvalue weighted by Crippen LogP contribution is 2.35. The summed E-state index contributed by atoms with van der Waals surface area (Å²) >= 11 is 0. The molecule has 0 radical (unpaired) electrons. The van der Waals surface area contributed by atoms with E-state index >= 15 is 0 Å². The second-order valence-corrected chi connectivity index (χ2v) is 7.18. The van der Waals surface area contributed by atoms with Gasteiger partial charge in [-0.3, -0.25) is 14.3 Å². The van der Waals surface area contributed by atoms with Crippen LogP contribution in [0.4, 0.5) is 15.9 Å². The van der Waals surface area contributed by atoms with Crippen molar-refractivity contribution in [3.63, 3.8) is 0 Å². The van der Waals surface area contributed by atoms with Gasteiger partial charge in [-0.05, 0) is 25.0 Å². The number of fused-ring (bicyclic) bond motifs is 1. The average molecular weight is 395 g/mol. The number of aliphatic carboxylic acids is 1. The van der Waals surface area contributed by atoms with E-state index in [1.165, 1.54) is 11.1 Å². The Morgan fingerprint density at radius 3 is 2.75 bits per heavy atom. The lowest BCUT2D eigenvalue weighted by atomic mass is 9.88. The molecule has 2 aliphatic rings. The monoisotopic (exact) mass is 395 g/mol. The predicted molar refractivity (Wildman–Crippen MR) is 96.8 cm³/mol. The van der Waals surface area contributed by atoms with Crippen LogP contribution in [-0.2, 0) is 21.6 Å². The van der Waals surface area contributed by atoms with Crippen molar-refractivity contribution in [3.05, 3.63) is 17.9 Å². The van der Waals surface area contributed by atoms with Gasteiger partial charge in [-0.2, -0.15) is 10.0 Å². The van der Waals surface area contributed by atoms with Crippen LogP contribution in [0.15, 0.2) is 12.1 Å². The molecule has 3 heterocycles. The van der Waals surface area contributed by atoms with Crippen LogP contribution < -0.4 is 15.6 Å². The summed E-state index contributed by atoms with van der Waals surface area (Å²) in [5, 5.41) is 25.9. The quantitative estimate of drug-likeness (QED) is 0.689. The Morgan fingerprint density at radius 2 is 2.11 bits per heavy atom. The van der Waals surface area contributed by atoms with Gasteiger partial charge in [-0.1, -0.05) is 5.64 Å². The van der Waals surface area contributed by atoms with Crippen molar-refractivity contribution < 1.29 is 29.2 Å². The van der Waals surface area contributed by atoms with Gasteiger partial charge in [0.25, 0.3) is 0 Å². The van der Waals surface area contributed by atoms with Gasteiger partial charge in [0.2, 0.25) is 0 Å². The normalized spacial score (nSPS) is 20.0. The molecule has 2 saturated heterocycles. The second kappa shape index (κ2) is 7.17. The number of aromatic nitrogens is 2. The molecule has 2 aliphatic heterocycles. The molecule has 2 fully saturated rings. The van der Waals surface area contributed by atoms with E-state index in [9.17, 15) is 14.3 Å². The van der Waals surface area contributed by atoms with Crippen molar-refractivity contribution in [2.24, 2.45) is 7.05 Å². The van der Waals surface area contributed by atoms with Crippen LogP contribution in [0.25, 0.3) is 10.9 Å². The number of carbonyl (C=O) groups is 1. The second-order valence-electron chi connectivity index (χ2n) is 7.18. The Hall–Kier alpha value is -2.47.